The smallest absolute Gasteiger partial charge is 0.294 e. The summed E-state index contributed by atoms with van der Waals surface area (Å²) in [5.74, 6) is -0.494. The van der Waals surface area contributed by atoms with Crippen molar-refractivity contribution in [1.29, 1.82) is 5.26 Å². The standard InChI is InChI=1S/C31H27ClN4O6S/c1-40-26-15-20(14-25(32)29(26)42-19-22-5-3-2-4-21(22)17-33)16-27-30(38)36(31(39)43-27)18-28(37)34-23-6-8-24(9-7-23)35-10-12-41-13-11-35/h2-9,14-16H,10-13,18-19H2,1H3,(H,34,37)/b27-16-. The van der Waals surface area contributed by atoms with E-state index in [1.165, 1.54) is 13.2 Å². The highest BCUT2D eigenvalue weighted by Crippen LogP contribution is 2.39. The minimum atomic E-state index is -0.587. The summed E-state index contributed by atoms with van der Waals surface area (Å²) in [6.45, 7) is 2.61. The lowest BCUT2D eigenvalue weighted by Crippen LogP contribution is -2.36. The molecule has 0 aliphatic carbocycles. The van der Waals surface area contributed by atoms with Crippen LogP contribution in [0.3, 0.4) is 0 Å². The van der Waals surface area contributed by atoms with Crippen molar-refractivity contribution < 1.29 is 28.6 Å². The number of nitrogens with zero attached hydrogens (tertiary/aromatic N) is 3. The first-order valence-corrected chi connectivity index (χ1v) is 14.5. The molecular formula is C31H27ClN4O6S. The molecule has 12 heteroatoms. The van der Waals surface area contributed by atoms with Crippen molar-refractivity contribution in [3.8, 4) is 17.6 Å². The maximum Gasteiger partial charge on any atom is 0.294 e. The summed E-state index contributed by atoms with van der Waals surface area (Å²) >= 11 is 7.24. The van der Waals surface area contributed by atoms with E-state index < -0.39 is 23.6 Å². The van der Waals surface area contributed by atoms with Crippen LogP contribution in [0.4, 0.5) is 16.2 Å². The number of methoxy groups -OCH3 is 1. The number of amides is 3. The average molecular weight is 619 g/mol. The van der Waals surface area contributed by atoms with Crippen LogP contribution in [0.5, 0.6) is 11.5 Å². The second kappa shape index (κ2) is 13.6. The summed E-state index contributed by atoms with van der Waals surface area (Å²) in [4.78, 5) is 41.6. The van der Waals surface area contributed by atoms with Gasteiger partial charge in [-0.3, -0.25) is 19.3 Å². The Morgan fingerprint density at radius 2 is 1.88 bits per heavy atom. The Bertz CT molecular complexity index is 1620. The van der Waals surface area contributed by atoms with Crippen LogP contribution in [0, 0.1) is 11.3 Å². The van der Waals surface area contributed by atoms with E-state index in [0.717, 1.165) is 35.4 Å². The zero-order chi connectivity index (χ0) is 30.3. The first-order valence-electron chi connectivity index (χ1n) is 13.3. The third kappa shape index (κ3) is 7.11. The molecule has 2 heterocycles. The van der Waals surface area contributed by atoms with E-state index in [-0.39, 0.29) is 22.3 Å². The van der Waals surface area contributed by atoms with Crippen molar-refractivity contribution >= 4 is 57.9 Å². The molecule has 0 radical (unpaired) electrons. The van der Waals surface area contributed by atoms with Crippen LogP contribution in [-0.2, 0) is 20.9 Å². The number of anilines is 2. The van der Waals surface area contributed by atoms with Crippen LogP contribution in [0.2, 0.25) is 5.02 Å². The van der Waals surface area contributed by atoms with E-state index in [2.05, 4.69) is 16.3 Å². The van der Waals surface area contributed by atoms with Gasteiger partial charge in [0.05, 0.1) is 41.9 Å². The first kappa shape index (κ1) is 30.0. The summed E-state index contributed by atoms with van der Waals surface area (Å²) in [6.07, 6.45) is 1.51. The van der Waals surface area contributed by atoms with Gasteiger partial charge >= 0.3 is 0 Å². The molecule has 220 valence electrons. The summed E-state index contributed by atoms with van der Waals surface area (Å²) in [5.41, 5.74) is 3.26. The second-order valence-electron chi connectivity index (χ2n) is 9.55. The van der Waals surface area contributed by atoms with Crippen molar-refractivity contribution in [3.05, 3.63) is 87.3 Å². The SMILES string of the molecule is COc1cc(/C=C2\SC(=O)N(CC(=O)Nc3ccc(N4CCOCC4)cc3)C2=O)cc(Cl)c1OCc1ccccc1C#N. The summed E-state index contributed by atoms with van der Waals surface area (Å²) in [7, 11) is 1.45. The molecule has 10 nitrogen and oxygen atoms in total. The molecular weight excluding hydrogens is 592 g/mol. The number of halogens is 1. The molecule has 2 fully saturated rings. The molecule has 0 unspecified atom stereocenters. The van der Waals surface area contributed by atoms with Crippen molar-refractivity contribution in [2.45, 2.75) is 6.61 Å². The third-order valence-electron chi connectivity index (χ3n) is 6.76. The molecule has 0 aromatic heterocycles. The Hall–Kier alpha value is -4.50. The van der Waals surface area contributed by atoms with Gasteiger partial charge in [-0.2, -0.15) is 5.26 Å². The first-order chi connectivity index (χ1) is 20.9. The minimum Gasteiger partial charge on any atom is -0.493 e. The fourth-order valence-electron chi connectivity index (χ4n) is 4.58. The third-order valence-corrected chi connectivity index (χ3v) is 7.95. The Balaban J connectivity index is 1.23. The van der Waals surface area contributed by atoms with Crippen LogP contribution in [-0.4, -0.2) is 61.9 Å². The zero-order valence-electron chi connectivity index (χ0n) is 23.2. The van der Waals surface area contributed by atoms with Crippen LogP contribution >= 0.6 is 23.4 Å². The fourth-order valence-corrected chi connectivity index (χ4v) is 5.69. The van der Waals surface area contributed by atoms with Crippen molar-refractivity contribution in [3.63, 3.8) is 0 Å². The number of benzene rings is 3. The van der Waals surface area contributed by atoms with Crippen molar-refractivity contribution in [2.75, 3.05) is 50.2 Å². The van der Waals surface area contributed by atoms with E-state index in [1.807, 2.05) is 18.2 Å². The molecule has 2 aliphatic heterocycles. The number of nitriles is 1. The Kier molecular flexibility index (Phi) is 9.51. The molecule has 0 saturated carbocycles. The number of thioether (sulfide) groups is 1. The van der Waals surface area contributed by atoms with E-state index in [1.54, 1.807) is 42.5 Å². The monoisotopic (exact) mass is 618 g/mol. The number of carbonyl (C=O) groups is 3. The van der Waals surface area contributed by atoms with Crippen LogP contribution < -0.4 is 19.7 Å². The van der Waals surface area contributed by atoms with Crippen molar-refractivity contribution in [2.24, 2.45) is 0 Å². The number of morpholine rings is 1. The summed E-state index contributed by atoms with van der Waals surface area (Å²) < 4.78 is 16.7. The highest BCUT2D eigenvalue weighted by molar-refractivity contribution is 8.18. The van der Waals surface area contributed by atoms with Gasteiger partial charge in [0, 0.05) is 30.0 Å². The van der Waals surface area contributed by atoms with Gasteiger partial charge in [0.25, 0.3) is 11.1 Å². The minimum absolute atomic E-state index is 0.0954. The van der Waals surface area contributed by atoms with Gasteiger partial charge in [-0.25, -0.2) is 0 Å². The average Bonchev–Trinajstić information content (AvgIpc) is 3.28. The van der Waals surface area contributed by atoms with E-state index >= 15 is 0 Å². The summed E-state index contributed by atoms with van der Waals surface area (Å²) in [5, 5.41) is 11.7. The van der Waals surface area contributed by atoms with E-state index in [9.17, 15) is 19.6 Å². The van der Waals surface area contributed by atoms with Gasteiger partial charge in [-0.15, -0.1) is 0 Å². The number of hydrogen-bond donors (Lipinski definition) is 1. The molecule has 0 bridgehead atoms. The number of hydrogen-bond acceptors (Lipinski definition) is 9. The molecule has 2 aliphatic rings. The quantitative estimate of drug-likeness (QED) is 0.318. The summed E-state index contributed by atoms with van der Waals surface area (Å²) in [6, 6.07) is 19.8. The molecule has 3 aromatic rings. The lowest BCUT2D eigenvalue weighted by molar-refractivity contribution is -0.127. The molecule has 3 amide bonds. The highest BCUT2D eigenvalue weighted by Gasteiger charge is 2.36. The number of rotatable bonds is 9. The predicted octanol–water partition coefficient (Wildman–Crippen LogP) is 5.31. The van der Waals surface area contributed by atoms with E-state index in [0.29, 0.717) is 41.3 Å². The Morgan fingerprint density at radius 3 is 2.60 bits per heavy atom. The van der Waals surface area contributed by atoms with Gasteiger partial charge in [0.1, 0.15) is 13.2 Å². The number of carbonyl (C=O) groups excluding carboxylic acids is 3. The maximum atomic E-state index is 13.1. The molecule has 2 saturated heterocycles. The molecule has 0 atom stereocenters. The lowest BCUT2D eigenvalue weighted by Gasteiger charge is -2.28. The largest absolute Gasteiger partial charge is 0.493 e. The van der Waals surface area contributed by atoms with Gasteiger partial charge in [0.2, 0.25) is 5.91 Å². The molecule has 43 heavy (non-hydrogen) atoms. The topological polar surface area (TPSA) is 121 Å². The molecule has 3 aromatic carbocycles. The van der Waals surface area contributed by atoms with Crippen molar-refractivity contribution in [1.82, 2.24) is 4.90 Å². The highest BCUT2D eigenvalue weighted by atomic mass is 35.5. The molecule has 1 N–H and O–H groups in total. The molecule has 5 rings (SSSR count). The van der Waals surface area contributed by atoms with Crippen LogP contribution in [0.25, 0.3) is 6.08 Å². The number of ether oxygens (including phenoxy) is 3. The zero-order valence-corrected chi connectivity index (χ0v) is 24.7. The van der Waals surface area contributed by atoms with Gasteiger partial charge < -0.3 is 24.4 Å². The predicted molar refractivity (Wildman–Crippen MR) is 164 cm³/mol. The van der Waals surface area contributed by atoms with Crippen LogP contribution in [0.15, 0.2) is 65.6 Å². The van der Waals surface area contributed by atoms with Gasteiger partial charge in [0.15, 0.2) is 11.5 Å². The maximum absolute atomic E-state index is 13.1. The van der Waals surface area contributed by atoms with E-state index in [4.69, 9.17) is 25.8 Å². The van der Waals surface area contributed by atoms with Gasteiger partial charge in [-0.1, -0.05) is 29.8 Å². The van der Waals surface area contributed by atoms with Crippen LogP contribution in [0.1, 0.15) is 16.7 Å². The normalized spacial score (nSPS) is 15.9. The van der Waals surface area contributed by atoms with Gasteiger partial charge in [-0.05, 0) is 65.9 Å². The Morgan fingerprint density at radius 1 is 1.14 bits per heavy atom. The number of imide groups is 1. The lowest BCUT2D eigenvalue weighted by atomic mass is 10.1. The Labute approximate surface area is 257 Å². The second-order valence-corrected chi connectivity index (χ2v) is 11.0. The number of nitrogens with one attached hydrogen (secondary N) is 1. The fraction of sp³-hybridized carbons (Fsp3) is 0.226. The molecule has 0 spiro atoms.